The van der Waals surface area contributed by atoms with E-state index in [1.54, 1.807) is 18.3 Å². The van der Waals surface area contributed by atoms with Gasteiger partial charge in [0.2, 0.25) is 5.91 Å². The standard InChI is InChI=1S/C22H29N3O2/c1-17-11-18(2)14-24(13-17)15-20-8-6-19(7-9-20)12-23-21(26)16-25-10-4-3-5-22(25)27/h3-10,17-18H,11-16H2,1-2H3,(H,23,26)/t17-,18-/m0/s1. The van der Waals surface area contributed by atoms with E-state index < -0.39 is 0 Å². The summed E-state index contributed by atoms with van der Waals surface area (Å²) in [6.07, 6.45) is 2.95. The first-order chi connectivity index (χ1) is 13.0. The second-order valence-electron chi connectivity index (χ2n) is 7.90. The number of piperidine rings is 1. The fourth-order valence-corrected chi connectivity index (χ4v) is 3.94. The van der Waals surface area contributed by atoms with Crippen LogP contribution >= 0.6 is 0 Å². The molecule has 0 radical (unpaired) electrons. The molecule has 2 atom stereocenters. The van der Waals surface area contributed by atoms with Crippen LogP contribution in [0.4, 0.5) is 0 Å². The Morgan fingerprint density at radius 3 is 2.37 bits per heavy atom. The molecule has 0 bridgehead atoms. The van der Waals surface area contributed by atoms with Gasteiger partial charge in [0.25, 0.3) is 5.56 Å². The Morgan fingerprint density at radius 1 is 1.04 bits per heavy atom. The highest BCUT2D eigenvalue weighted by Gasteiger charge is 2.21. The summed E-state index contributed by atoms with van der Waals surface area (Å²) in [7, 11) is 0. The average Bonchev–Trinajstić information content (AvgIpc) is 2.62. The number of nitrogens with one attached hydrogen (secondary N) is 1. The smallest absolute Gasteiger partial charge is 0.250 e. The molecule has 1 aromatic heterocycles. The summed E-state index contributed by atoms with van der Waals surface area (Å²) >= 11 is 0. The number of hydrogen-bond donors (Lipinski definition) is 1. The number of carbonyl (C=O) groups is 1. The average molecular weight is 367 g/mol. The molecule has 144 valence electrons. The normalized spacial score (nSPS) is 20.4. The Hall–Kier alpha value is -2.40. The van der Waals surface area contributed by atoms with Gasteiger partial charge < -0.3 is 9.88 Å². The van der Waals surface area contributed by atoms with E-state index in [0.717, 1.165) is 23.9 Å². The van der Waals surface area contributed by atoms with E-state index in [1.807, 2.05) is 0 Å². The van der Waals surface area contributed by atoms with Crippen LogP contribution in [-0.4, -0.2) is 28.5 Å². The minimum atomic E-state index is -0.168. The van der Waals surface area contributed by atoms with Crippen LogP contribution in [0.5, 0.6) is 0 Å². The second-order valence-corrected chi connectivity index (χ2v) is 7.90. The lowest BCUT2D eigenvalue weighted by Gasteiger charge is -2.35. The lowest BCUT2D eigenvalue weighted by molar-refractivity contribution is -0.121. The van der Waals surface area contributed by atoms with Crippen molar-refractivity contribution in [3.8, 4) is 0 Å². The lowest BCUT2D eigenvalue weighted by Crippen LogP contribution is -2.38. The Morgan fingerprint density at radius 2 is 1.70 bits per heavy atom. The van der Waals surface area contributed by atoms with Crippen molar-refractivity contribution in [2.75, 3.05) is 13.1 Å². The number of carbonyl (C=O) groups excluding carboxylic acids is 1. The minimum absolute atomic E-state index is 0.0447. The number of hydrogen-bond acceptors (Lipinski definition) is 3. The Kier molecular flexibility index (Phi) is 6.45. The maximum absolute atomic E-state index is 12.1. The second kappa shape index (κ2) is 9.00. The van der Waals surface area contributed by atoms with Crippen LogP contribution in [-0.2, 0) is 24.4 Å². The molecule has 0 saturated carbocycles. The summed E-state index contributed by atoms with van der Waals surface area (Å²) in [6.45, 7) is 8.50. The van der Waals surface area contributed by atoms with Gasteiger partial charge >= 0.3 is 0 Å². The topological polar surface area (TPSA) is 54.3 Å². The van der Waals surface area contributed by atoms with E-state index in [-0.39, 0.29) is 18.0 Å². The minimum Gasteiger partial charge on any atom is -0.350 e. The third kappa shape index (κ3) is 5.79. The van der Waals surface area contributed by atoms with Gasteiger partial charge in [0.15, 0.2) is 0 Å². The zero-order valence-corrected chi connectivity index (χ0v) is 16.2. The van der Waals surface area contributed by atoms with Crippen molar-refractivity contribution < 1.29 is 4.79 Å². The lowest BCUT2D eigenvalue weighted by atomic mass is 9.91. The van der Waals surface area contributed by atoms with E-state index in [4.69, 9.17) is 0 Å². The molecule has 2 aromatic rings. The number of aromatic nitrogens is 1. The molecule has 1 fully saturated rings. The van der Waals surface area contributed by atoms with Crippen molar-refractivity contribution in [3.63, 3.8) is 0 Å². The molecule has 27 heavy (non-hydrogen) atoms. The third-order valence-corrected chi connectivity index (χ3v) is 5.08. The molecule has 5 nitrogen and oxygen atoms in total. The molecule has 1 N–H and O–H groups in total. The number of benzene rings is 1. The molecule has 0 aliphatic carbocycles. The van der Waals surface area contributed by atoms with Gasteiger partial charge in [0.05, 0.1) is 0 Å². The van der Waals surface area contributed by atoms with Crippen LogP contribution in [0.2, 0.25) is 0 Å². The fourth-order valence-electron chi connectivity index (χ4n) is 3.94. The highest BCUT2D eigenvalue weighted by atomic mass is 16.2. The van der Waals surface area contributed by atoms with E-state index in [2.05, 4.69) is 48.3 Å². The fraction of sp³-hybridized carbons (Fsp3) is 0.455. The van der Waals surface area contributed by atoms with Gasteiger partial charge in [-0.1, -0.05) is 44.2 Å². The van der Waals surface area contributed by atoms with Gasteiger partial charge in [0, 0.05) is 38.4 Å². The van der Waals surface area contributed by atoms with Gasteiger partial charge in [-0.2, -0.15) is 0 Å². The SMILES string of the molecule is C[C@H]1C[C@H](C)CN(Cc2ccc(CNC(=O)Cn3ccccc3=O)cc2)C1. The maximum Gasteiger partial charge on any atom is 0.250 e. The summed E-state index contributed by atoms with van der Waals surface area (Å²) in [5.41, 5.74) is 2.20. The molecule has 3 rings (SSSR count). The molecule has 1 aromatic carbocycles. The van der Waals surface area contributed by atoms with Crippen LogP contribution < -0.4 is 10.9 Å². The van der Waals surface area contributed by atoms with Gasteiger partial charge in [-0.3, -0.25) is 14.5 Å². The summed E-state index contributed by atoms with van der Waals surface area (Å²) in [5, 5.41) is 2.88. The molecule has 1 aliphatic heterocycles. The van der Waals surface area contributed by atoms with Crippen LogP contribution in [0.15, 0.2) is 53.5 Å². The molecule has 1 amide bonds. The summed E-state index contributed by atoms with van der Waals surface area (Å²) in [5.74, 6) is 1.37. The van der Waals surface area contributed by atoms with Gasteiger partial charge in [-0.05, 0) is 35.4 Å². The number of likely N-dealkylation sites (tertiary alicyclic amines) is 1. The zero-order chi connectivity index (χ0) is 19.2. The Balaban J connectivity index is 1.48. The van der Waals surface area contributed by atoms with Crippen LogP contribution in [0.3, 0.4) is 0 Å². The van der Waals surface area contributed by atoms with Crippen molar-refractivity contribution in [2.24, 2.45) is 11.8 Å². The van der Waals surface area contributed by atoms with Crippen LogP contribution in [0, 0.1) is 11.8 Å². The molecular weight excluding hydrogens is 338 g/mol. The predicted octanol–water partition coefficient (Wildman–Crippen LogP) is 2.64. The first kappa shape index (κ1) is 19.4. The molecule has 2 heterocycles. The third-order valence-electron chi connectivity index (χ3n) is 5.08. The number of amides is 1. The van der Waals surface area contributed by atoms with Crippen molar-refractivity contribution in [1.82, 2.24) is 14.8 Å². The van der Waals surface area contributed by atoms with E-state index >= 15 is 0 Å². The molecule has 0 unspecified atom stereocenters. The highest BCUT2D eigenvalue weighted by molar-refractivity contribution is 5.75. The number of pyridine rings is 1. The predicted molar refractivity (Wildman–Crippen MR) is 107 cm³/mol. The summed E-state index contributed by atoms with van der Waals surface area (Å²) in [6, 6.07) is 13.3. The Bertz CT molecular complexity index is 803. The highest BCUT2D eigenvalue weighted by Crippen LogP contribution is 2.22. The largest absolute Gasteiger partial charge is 0.350 e. The molecule has 5 heteroatoms. The van der Waals surface area contributed by atoms with Crippen LogP contribution in [0.25, 0.3) is 0 Å². The van der Waals surface area contributed by atoms with Gasteiger partial charge in [0.1, 0.15) is 6.54 Å². The first-order valence-corrected chi connectivity index (χ1v) is 9.72. The van der Waals surface area contributed by atoms with Crippen molar-refractivity contribution in [3.05, 3.63) is 70.1 Å². The van der Waals surface area contributed by atoms with Gasteiger partial charge in [-0.15, -0.1) is 0 Å². The van der Waals surface area contributed by atoms with Crippen molar-refractivity contribution >= 4 is 5.91 Å². The molecular formula is C22H29N3O2. The molecule has 1 saturated heterocycles. The quantitative estimate of drug-likeness (QED) is 0.854. The summed E-state index contributed by atoms with van der Waals surface area (Å²) in [4.78, 5) is 26.2. The number of rotatable bonds is 6. The van der Waals surface area contributed by atoms with Gasteiger partial charge in [-0.25, -0.2) is 0 Å². The number of nitrogens with zero attached hydrogens (tertiary/aromatic N) is 2. The van der Waals surface area contributed by atoms with E-state index in [1.165, 1.54) is 35.7 Å². The van der Waals surface area contributed by atoms with Crippen molar-refractivity contribution in [2.45, 2.75) is 39.9 Å². The maximum atomic E-state index is 12.1. The van der Waals surface area contributed by atoms with Crippen LogP contribution in [0.1, 0.15) is 31.4 Å². The molecule has 1 aliphatic rings. The van der Waals surface area contributed by atoms with E-state index in [9.17, 15) is 9.59 Å². The molecule has 0 spiro atoms. The Labute approximate surface area is 161 Å². The monoisotopic (exact) mass is 367 g/mol. The first-order valence-electron chi connectivity index (χ1n) is 9.72. The summed E-state index contributed by atoms with van der Waals surface area (Å²) < 4.78 is 1.40. The van der Waals surface area contributed by atoms with Crippen molar-refractivity contribution in [1.29, 1.82) is 0 Å². The zero-order valence-electron chi connectivity index (χ0n) is 16.2. The van der Waals surface area contributed by atoms with E-state index in [0.29, 0.717) is 6.54 Å².